The number of aryl methyl sites for hydroxylation is 1. The molecular weight excluding hydrogens is 244 g/mol. The standard InChI is InChI=1S/C13H18N4O2/c1-8(2)18-13-11(14)4-5-12(16-13)15-7-10-6-9(3)19-17-10/h4-6,8H,7,14H2,1-3H3,(H,15,16). The van der Waals surface area contributed by atoms with Gasteiger partial charge in [0.15, 0.2) is 0 Å². The maximum absolute atomic E-state index is 5.81. The van der Waals surface area contributed by atoms with E-state index in [1.165, 1.54) is 0 Å². The summed E-state index contributed by atoms with van der Waals surface area (Å²) in [5, 5.41) is 7.04. The molecule has 0 aliphatic carbocycles. The first-order valence-corrected chi connectivity index (χ1v) is 6.14. The third kappa shape index (κ3) is 3.61. The van der Waals surface area contributed by atoms with Crippen LogP contribution in [-0.4, -0.2) is 16.2 Å². The van der Waals surface area contributed by atoms with Gasteiger partial charge < -0.3 is 20.3 Å². The molecule has 19 heavy (non-hydrogen) atoms. The lowest BCUT2D eigenvalue weighted by Crippen LogP contribution is -2.10. The molecule has 3 N–H and O–H groups in total. The van der Waals surface area contributed by atoms with Gasteiger partial charge in [0.2, 0.25) is 5.88 Å². The quantitative estimate of drug-likeness (QED) is 0.860. The van der Waals surface area contributed by atoms with Gasteiger partial charge in [-0.15, -0.1) is 0 Å². The Labute approximate surface area is 112 Å². The third-order valence-electron chi connectivity index (χ3n) is 2.36. The number of hydrogen-bond donors (Lipinski definition) is 2. The molecule has 0 fully saturated rings. The Morgan fingerprint density at radius 3 is 2.84 bits per heavy atom. The van der Waals surface area contributed by atoms with Crippen LogP contribution < -0.4 is 15.8 Å². The van der Waals surface area contributed by atoms with E-state index in [9.17, 15) is 0 Å². The zero-order valence-electron chi connectivity index (χ0n) is 11.3. The highest BCUT2D eigenvalue weighted by molar-refractivity contribution is 5.53. The average molecular weight is 262 g/mol. The predicted molar refractivity (Wildman–Crippen MR) is 73.0 cm³/mol. The average Bonchev–Trinajstić information content (AvgIpc) is 2.75. The van der Waals surface area contributed by atoms with Crippen molar-refractivity contribution in [2.24, 2.45) is 0 Å². The van der Waals surface area contributed by atoms with Crippen molar-refractivity contribution in [2.45, 2.75) is 33.4 Å². The van der Waals surface area contributed by atoms with Gasteiger partial charge >= 0.3 is 0 Å². The molecule has 2 aromatic rings. The first-order chi connectivity index (χ1) is 9.04. The van der Waals surface area contributed by atoms with Crippen LogP contribution in [0.2, 0.25) is 0 Å². The Morgan fingerprint density at radius 2 is 2.21 bits per heavy atom. The summed E-state index contributed by atoms with van der Waals surface area (Å²) in [6.45, 7) is 6.25. The molecular formula is C13H18N4O2. The summed E-state index contributed by atoms with van der Waals surface area (Å²) in [7, 11) is 0. The molecule has 2 heterocycles. The van der Waals surface area contributed by atoms with Crippen molar-refractivity contribution in [3.05, 3.63) is 29.7 Å². The fourth-order valence-corrected chi connectivity index (χ4v) is 1.55. The molecule has 0 aliphatic rings. The Kier molecular flexibility index (Phi) is 3.89. The molecule has 0 saturated carbocycles. The van der Waals surface area contributed by atoms with E-state index in [1.54, 1.807) is 12.1 Å². The molecule has 0 aliphatic heterocycles. The lowest BCUT2D eigenvalue weighted by molar-refractivity contribution is 0.234. The molecule has 102 valence electrons. The van der Waals surface area contributed by atoms with Crippen molar-refractivity contribution in [1.29, 1.82) is 0 Å². The van der Waals surface area contributed by atoms with Gasteiger partial charge in [-0.05, 0) is 32.9 Å². The van der Waals surface area contributed by atoms with Crippen LogP contribution >= 0.6 is 0 Å². The molecule has 6 heteroatoms. The van der Waals surface area contributed by atoms with Crippen LogP contribution in [0.3, 0.4) is 0 Å². The van der Waals surface area contributed by atoms with E-state index in [0.29, 0.717) is 23.9 Å². The minimum Gasteiger partial charge on any atom is -0.473 e. The number of hydrogen-bond acceptors (Lipinski definition) is 6. The van der Waals surface area contributed by atoms with Crippen molar-refractivity contribution in [3.63, 3.8) is 0 Å². The zero-order valence-corrected chi connectivity index (χ0v) is 11.3. The Morgan fingerprint density at radius 1 is 1.42 bits per heavy atom. The maximum atomic E-state index is 5.81. The van der Waals surface area contributed by atoms with Crippen molar-refractivity contribution in [1.82, 2.24) is 10.1 Å². The molecule has 6 nitrogen and oxygen atoms in total. The zero-order chi connectivity index (χ0) is 13.8. The van der Waals surface area contributed by atoms with Gasteiger partial charge in [0, 0.05) is 6.07 Å². The highest BCUT2D eigenvalue weighted by Gasteiger charge is 2.07. The Hall–Kier alpha value is -2.24. The Bertz CT molecular complexity index is 551. The van der Waals surface area contributed by atoms with Crippen LogP contribution in [0.1, 0.15) is 25.3 Å². The number of ether oxygens (including phenoxy) is 1. The number of aromatic nitrogens is 2. The van der Waals surface area contributed by atoms with Crippen LogP contribution in [-0.2, 0) is 6.54 Å². The highest BCUT2D eigenvalue weighted by Crippen LogP contribution is 2.22. The summed E-state index contributed by atoms with van der Waals surface area (Å²) in [6.07, 6.45) is 0.0308. The topological polar surface area (TPSA) is 86.2 Å². The SMILES string of the molecule is Cc1cc(CNc2ccc(N)c(OC(C)C)n2)no1. The molecule has 0 aromatic carbocycles. The molecule has 0 spiro atoms. The van der Waals surface area contributed by atoms with E-state index < -0.39 is 0 Å². The van der Waals surface area contributed by atoms with Gasteiger partial charge in [-0.1, -0.05) is 5.16 Å². The largest absolute Gasteiger partial charge is 0.473 e. The monoisotopic (exact) mass is 262 g/mol. The molecule has 0 saturated heterocycles. The van der Waals surface area contributed by atoms with Crippen LogP contribution in [0.25, 0.3) is 0 Å². The number of nitrogens with one attached hydrogen (secondary N) is 1. The summed E-state index contributed by atoms with van der Waals surface area (Å²) in [5.74, 6) is 1.91. The second-order valence-electron chi connectivity index (χ2n) is 4.54. The summed E-state index contributed by atoms with van der Waals surface area (Å²) in [4.78, 5) is 4.32. The summed E-state index contributed by atoms with van der Waals surface area (Å²) in [6, 6.07) is 5.44. The number of anilines is 2. The van der Waals surface area contributed by atoms with E-state index in [4.69, 9.17) is 15.0 Å². The van der Waals surface area contributed by atoms with Crippen LogP contribution in [0.15, 0.2) is 22.7 Å². The van der Waals surface area contributed by atoms with E-state index in [2.05, 4.69) is 15.5 Å². The lowest BCUT2D eigenvalue weighted by Gasteiger charge is -2.12. The fraction of sp³-hybridized carbons (Fsp3) is 0.385. The first-order valence-electron chi connectivity index (χ1n) is 6.14. The maximum Gasteiger partial charge on any atom is 0.239 e. The van der Waals surface area contributed by atoms with E-state index in [-0.39, 0.29) is 6.10 Å². The fourth-order valence-electron chi connectivity index (χ4n) is 1.55. The molecule has 0 radical (unpaired) electrons. The van der Waals surface area contributed by atoms with Crippen LogP contribution in [0, 0.1) is 6.92 Å². The van der Waals surface area contributed by atoms with Gasteiger partial charge in [-0.3, -0.25) is 0 Å². The van der Waals surface area contributed by atoms with E-state index in [0.717, 1.165) is 11.5 Å². The number of pyridine rings is 1. The number of nitrogens with zero attached hydrogens (tertiary/aromatic N) is 2. The first kappa shape index (κ1) is 13.2. The van der Waals surface area contributed by atoms with Gasteiger partial charge in [-0.2, -0.15) is 4.98 Å². The summed E-state index contributed by atoms with van der Waals surface area (Å²) >= 11 is 0. The minimum absolute atomic E-state index is 0.0308. The number of nitrogens with two attached hydrogens (primary N) is 1. The van der Waals surface area contributed by atoms with Crippen molar-refractivity contribution >= 4 is 11.5 Å². The normalized spacial score (nSPS) is 10.7. The Balaban J connectivity index is 2.04. The lowest BCUT2D eigenvalue weighted by atomic mass is 10.3. The number of rotatable bonds is 5. The minimum atomic E-state index is 0.0308. The van der Waals surface area contributed by atoms with Gasteiger partial charge in [0.05, 0.1) is 18.3 Å². The second kappa shape index (κ2) is 5.60. The van der Waals surface area contributed by atoms with Crippen molar-refractivity contribution < 1.29 is 9.26 Å². The number of nitrogen functional groups attached to an aromatic ring is 1. The van der Waals surface area contributed by atoms with Gasteiger partial charge in [0.25, 0.3) is 0 Å². The smallest absolute Gasteiger partial charge is 0.239 e. The molecule has 0 amide bonds. The van der Waals surface area contributed by atoms with Crippen molar-refractivity contribution in [3.8, 4) is 5.88 Å². The van der Waals surface area contributed by atoms with Crippen LogP contribution in [0.4, 0.5) is 11.5 Å². The van der Waals surface area contributed by atoms with Crippen molar-refractivity contribution in [2.75, 3.05) is 11.1 Å². The van der Waals surface area contributed by atoms with Gasteiger partial charge in [-0.25, -0.2) is 0 Å². The molecule has 2 aromatic heterocycles. The predicted octanol–water partition coefficient (Wildman–Crippen LogP) is 2.36. The summed E-state index contributed by atoms with van der Waals surface area (Å²) < 4.78 is 10.5. The summed E-state index contributed by atoms with van der Waals surface area (Å²) in [5.41, 5.74) is 7.15. The molecule has 0 atom stereocenters. The second-order valence-corrected chi connectivity index (χ2v) is 4.54. The molecule has 0 unspecified atom stereocenters. The highest BCUT2D eigenvalue weighted by atomic mass is 16.5. The molecule has 0 bridgehead atoms. The van der Waals surface area contributed by atoms with E-state index in [1.807, 2.05) is 26.8 Å². The van der Waals surface area contributed by atoms with Crippen LogP contribution in [0.5, 0.6) is 5.88 Å². The molecule has 2 rings (SSSR count). The van der Waals surface area contributed by atoms with E-state index >= 15 is 0 Å². The van der Waals surface area contributed by atoms with Gasteiger partial charge in [0.1, 0.15) is 17.3 Å². The third-order valence-corrected chi connectivity index (χ3v) is 2.36.